The number of sulfonamides is 1. The van der Waals surface area contributed by atoms with Crippen LogP contribution < -0.4 is 5.32 Å². The van der Waals surface area contributed by atoms with Crippen LogP contribution in [0.5, 0.6) is 0 Å². The predicted molar refractivity (Wildman–Crippen MR) is 114 cm³/mol. The van der Waals surface area contributed by atoms with Gasteiger partial charge in [-0.05, 0) is 35.0 Å². The summed E-state index contributed by atoms with van der Waals surface area (Å²) in [5.74, 6) is -2.02. The Morgan fingerprint density at radius 2 is 1.61 bits per heavy atom. The quantitative estimate of drug-likeness (QED) is 0.656. The minimum absolute atomic E-state index is 0.0132. The van der Waals surface area contributed by atoms with Gasteiger partial charge in [0.25, 0.3) is 0 Å². The summed E-state index contributed by atoms with van der Waals surface area (Å²) >= 11 is 0. The predicted octanol–water partition coefficient (Wildman–Crippen LogP) is 3.06. The van der Waals surface area contributed by atoms with E-state index in [2.05, 4.69) is 5.32 Å². The number of nitrogens with one attached hydrogen (secondary N) is 1. The molecule has 1 N–H and O–H groups in total. The van der Waals surface area contributed by atoms with Gasteiger partial charge in [0.1, 0.15) is 11.6 Å². The monoisotopic (exact) mass is 445 g/mol. The third kappa shape index (κ3) is 4.73. The molecule has 4 rings (SSSR count). The Bertz CT molecular complexity index is 1230. The molecular weight excluding hydrogens is 424 g/mol. The number of fused-ring (bicyclic) bond motifs is 1. The van der Waals surface area contributed by atoms with Crippen molar-refractivity contribution >= 4 is 32.4 Å². The molecule has 9 heteroatoms. The van der Waals surface area contributed by atoms with E-state index < -0.39 is 27.6 Å². The van der Waals surface area contributed by atoms with Crippen LogP contribution in [0.15, 0.2) is 65.6 Å². The second kappa shape index (κ2) is 8.70. The first-order valence-electron chi connectivity index (χ1n) is 9.79. The number of halogens is 2. The lowest BCUT2D eigenvalue weighted by Gasteiger charge is -2.33. The van der Waals surface area contributed by atoms with Crippen molar-refractivity contribution in [3.63, 3.8) is 0 Å². The SMILES string of the molecule is O=C(CN1CCN(S(=O)(=O)c2ccc3ccccc3c2)CC1)Nc1ccc(F)cc1F. The molecule has 0 aromatic heterocycles. The second-order valence-electron chi connectivity index (χ2n) is 7.36. The number of carbonyl (C=O) groups excluding carboxylic acids is 1. The normalized spacial score (nSPS) is 15.8. The van der Waals surface area contributed by atoms with Gasteiger partial charge < -0.3 is 5.32 Å². The summed E-state index contributed by atoms with van der Waals surface area (Å²) in [4.78, 5) is 14.2. The molecule has 1 saturated heterocycles. The number of carbonyl (C=O) groups is 1. The van der Waals surface area contributed by atoms with Crippen LogP contribution in [-0.4, -0.2) is 56.3 Å². The summed E-state index contributed by atoms with van der Waals surface area (Å²) in [7, 11) is -3.64. The summed E-state index contributed by atoms with van der Waals surface area (Å²) in [6.45, 7) is 1.21. The average Bonchev–Trinajstić information content (AvgIpc) is 2.76. The molecule has 6 nitrogen and oxygen atoms in total. The van der Waals surface area contributed by atoms with Crippen molar-refractivity contribution in [2.45, 2.75) is 4.90 Å². The number of hydrogen-bond donors (Lipinski definition) is 1. The van der Waals surface area contributed by atoms with Crippen molar-refractivity contribution < 1.29 is 22.0 Å². The highest BCUT2D eigenvalue weighted by molar-refractivity contribution is 7.89. The Kier molecular flexibility index (Phi) is 5.99. The molecule has 1 aliphatic heterocycles. The van der Waals surface area contributed by atoms with Crippen LogP contribution in [0.4, 0.5) is 14.5 Å². The van der Waals surface area contributed by atoms with Gasteiger partial charge in [-0.25, -0.2) is 17.2 Å². The fraction of sp³-hybridized carbons (Fsp3) is 0.227. The zero-order chi connectivity index (χ0) is 22.0. The summed E-state index contributed by atoms with van der Waals surface area (Å²) < 4.78 is 54.1. The Balaban J connectivity index is 1.36. The highest BCUT2D eigenvalue weighted by atomic mass is 32.2. The third-order valence-corrected chi connectivity index (χ3v) is 7.16. The van der Waals surface area contributed by atoms with Gasteiger partial charge in [-0.3, -0.25) is 9.69 Å². The Labute approximate surface area is 179 Å². The molecule has 0 atom stereocenters. The number of amides is 1. The highest BCUT2D eigenvalue weighted by Gasteiger charge is 2.29. The zero-order valence-electron chi connectivity index (χ0n) is 16.6. The topological polar surface area (TPSA) is 69.7 Å². The van der Waals surface area contributed by atoms with Crippen molar-refractivity contribution in [3.8, 4) is 0 Å². The fourth-order valence-corrected chi connectivity index (χ4v) is 5.05. The molecule has 1 aliphatic rings. The van der Waals surface area contributed by atoms with Crippen LogP contribution in [0.25, 0.3) is 10.8 Å². The van der Waals surface area contributed by atoms with Crippen LogP contribution in [-0.2, 0) is 14.8 Å². The minimum atomic E-state index is -3.64. The maximum Gasteiger partial charge on any atom is 0.243 e. The van der Waals surface area contributed by atoms with E-state index >= 15 is 0 Å². The summed E-state index contributed by atoms with van der Waals surface area (Å²) in [6.07, 6.45) is 0. The number of anilines is 1. The Hall–Kier alpha value is -2.88. The molecule has 162 valence electrons. The lowest BCUT2D eigenvalue weighted by Crippen LogP contribution is -2.50. The molecule has 1 amide bonds. The molecular formula is C22H21F2N3O3S. The van der Waals surface area contributed by atoms with E-state index in [4.69, 9.17) is 0 Å². The minimum Gasteiger partial charge on any atom is -0.322 e. The summed E-state index contributed by atoms with van der Waals surface area (Å²) in [5, 5.41) is 4.24. The molecule has 0 unspecified atom stereocenters. The van der Waals surface area contributed by atoms with Crippen molar-refractivity contribution in [2.75, 3.05) is 38.0 Å². The smallest absolute Gasteiger partial charge is 0.243 e. The van der Waals surface area contributed by atoms with E-state index in [9.17, 15) is 22.0 Å². The highest BCUT2D eigenvalue weighted by Crippen LogP contribution is 2.23. The van der Waals surface area contributed by atoms with Crippen LogP contribution in [0.3, 0.4) is 0 Å². The van der Waals surface area contributed by atoms with Gasteiger partial charge in [0.15, 0.2) is 0 Å². The lowest BCUT2D eigenvalue weighted by molar-refractivity contribution is -0.117. The van der Waals surface area contributed by atoms with Gasteiger partial charge in [-0.1, -0.05) is 30.3 Å². The number of rotatable bonds is 5. The molecule has 0 spiro atoms. The Morgan fingerprint density at radius 3 is 2.32 bits per heavy atom. The molecule has 3 aromatic carbocycles. The molecule has 0 radical (unpaired) electrons. The second-order valence-corrected chi connectivity index (χ2v) is 9.30. The van der Waals surface area contributed by atoms with Gasteiger partial charge in [-0.15, -0.1) is 0 Å². The molecule has 3 aromatic rings. The fourth-order valence-electron chi connectivity index (χ4n) is 3.59. The molecule has 0 saturated carbocycles. The maximum atomic E-state index is 13.7. The van der Waals surface area contributed by atoms with Gasteiger partial charge in [0.05, 0.1) is 17.1 Å². The largest absolute Gasteiger partial charge is 0.322 e. The summed E-state index contributed by atoms with van der Waals surface area (Å²) in [6, 6.07) is 15.5. The molecule has 1 heterocycles. The van der Waals surface area contributed by atoms with Crippen molar-refractivity contribution in [2.24, 2.45) is 0 Å². The van der Waals surface area contributed by atoms with E-state index in [0.717, 1.165) is 22.9 Å². The van der Waals surface area contributed by atoms with Gasteiger partial charge >= 0.3 is 0 Å². The molecule has 0 aliphatic carbocycles. The third-order valence-electron chi connectivity index (χ3n) is 5.26. The van der Waals surface area contributed by atoms with E-state index in [1.807, 2.05) is 24.3 Å². The van der Waals surface area contributed by atoms with Crippen LogP contribution >= 0.6 is 0 Å². The van der Waals surface area contributed by atoms with Gasteiger partial charge in [-0.2, -0.15) is 4.31 Å². The number of piperazine rings is 1. The summed E-state index contributed by atoms with van der Waals surface area (Å²) in [5.41, 5.74) is -0.0936. The lowest BCUT2D eigenvalue weighted by atomic mass is 10.1. The molecule has 31 heavy (non-hydrogen) atoms. The average molecular weight is 445 g/mol. The Morgan fingerprint density at radius 1 is 0.903 bits per heavy atom. The molecule has 0 bridgehead atoms. The van der Waals surface area contributed by atoms with Crippen LogP contribution in [0.2, 0.25) is 0 Å². The number of nitrogens with zero attached hydrogens (tertiary/aromatic N) is 2. The van der Waals surface area contributed by atoms with Gasteiger partial charge in [0, 0.05) is 32.2 Å². The van der Waals surface area contributed by atoms with E-state index in [0.29, 0.717) is 19.2 Å². The van der Waals surface area contributed by atoms with Crippen LogP contribution in [0.1, 0.15) is 0 Å². The first-order chi connectivity index (χ1) is 14.8. The first kappa shape index (κ1) is 21.4. The van der Waals surface area contributed by atoms with Crippen molar-refractivity contribution in [1.29, 1.82) is 0 Å². The first-order valence-corrected chi connectivity index (χ1v) is 11.2. The van der Waals surface area contributed by atoms with E-state index in [1.54, 1.807) is 23.1 Å². The van der Waals surface area contributed by atoms with Crippen molar-refractivity contribution in [1.82, 2.24) is 9.21 Å². The number of hydrogen-bond acceptors (Lipinski definition) is 4. The van der Waals surface area contributed by atoms with E-state index in [-0.39, 0.29) is 30.2 Å². The van der Waals surface area contributed by atoms with Gasteiger partial charge in [0.2, 0.25) is 15.9 Å². The van der Waals surface area contributed by atoms with Crippen molar-refractivity contribution in [3.05, 3.63) is 72.3 Å². The zero-order valence-corrected chi connectivity index (χ0v) is 17.4. The van der Waals surface area contributed by atoms with E-state index in [1.165, 1.54) is 4.31 Å². The van der Waals surface area contributed by atoms with Crippen LogP contribution in [0, 0.1) is 11.6 Å². The number of benzene rings is 3. The molecule has 1 fully saturated rings. The standard InChI is InChI=1S/C22H21F2N3O3S/c23-18-6-8-21(20(24)14-18)25-22(28)15-26-9-11-27(12-10-26)31(29,30)19-7-5-16-3-1-2-4-17(16)13-19/h1-8,13-14H,9-12,15H2,(H,25,28). The maximum absolute atomic E-state index is 13.7.